The molecule has 10 heteroatoms. The number of benzene rings is 2. The molecule has 0 radical (unpaired) electrons. The highest BCUT2D eigenvalue weighted by molar-refractivity contribution is 7.19. The van der Waals surface area contributed by atoms with E-state index in [2.05, 4.69) is 15.0 Å². The number of hydrogen-bond donors (Lipinski definition) is 0. The molecular weight excluding hydrogens is 498 g/mol. The van der Waals surface area contributed by atoms with Crippen LogP contribution in [0.15, 0.2) is 53.3 Å². The number of carbonyl (C=O) groups is 1. The Morgan fingerprint density at radius 1 is 1.06 bits per heavy atom. The number of piperazine rings is 1. The molecule has 2 aromatic carbocycles. The fourth-order valence-corrected chi connectivity index (χ4v) is 5.21. The topological polar surface area (TPSA) is 80.0 Å². The Kier molecular flexibility index (Phi) is 7.04. The highest BCUT2D eigenvalue weighted by atomic mass is 35.5. The number of rotatable bonds is 6. The van der Waals surface area contributed by atoms with Crippen LogP contribution in [-0.4, -0.2) is 63.1 Å². The second-order valence-electron chi connectivity index (χ2n) is 8.89. The summed E-state index contributed by atoms with van der Waals surface area (Å²) in [6.45, 7) is 7.25. The quantitative estimate of drug-likeness (QED) is 0.382. The van der Waals surface area contributed by atoms with Gasteiger partial charge in [0, 0.05) is 49.4 Å². The summed E-state index contributed by atoms with van der Waals surface area (Å²) in [6, 6.07) is 14.7. The van der Waals surface area contributed by atoms with Crippen LogP contribution in [0.2, 0.25) is 5.02 Å². The average molecular weight is 524 g/mol. The van der Waals surface area contributed by atoms with Crippen molar-refractivity contribution in [3.8, 4) is 16.3 Å². The fourth-order valence-electron chi connectivity index (χ4n) is 4.10. The van der Waals surface area contributed by atoms with Crippen molar-refractivity contribution in [2.45, 2.75) is 20.4 Å². The molecule has 0 atom stereocenters. The zero-order valence-corrected chi connectivity index (χ0v) is 21.7. The smallest absolute Gasteiger partial charge is 0.275 e. The molecular formula is C26H26ClN5O3S. The van der Waals surface area contributed by atoms with Gasteiger partial charge in [-0.1, -0.05) is 41.1 Å². The third kappa shape index (κ3) is 5.43. The highest BCUT2D eigenvalue weighted by Gasteiger charge is 2.22. The number of hydrogen-bond acceptors (Lipinski definition) is 7. The largest absolute Gasteiger partial charge is 0.484 e. The van der Waals surface area contributed by atoms with Crippen LogP contribution in [0.4, 0.5) is 0 Å². The molecule has 2 aromatic heterocycles. The third-order valence-electron chi connectivity index (χ3n) is 6.32. The van der Waals surface area contributed by atoms with Gasteiger partial charge < -0.3 is 9.64 Å². The summed E-state index contributed by atoms with van der Waals surface area (Å²) in [6.07, 6.45) is 0. The van der Waals surface area contributed by atoms with Crippen molar-refractivity contribution in [1.29, 1.82) is 0 Å². The summed E-state index contributed by atoms with van der Waals surface area (Å²) < 4.78 is 7.04. The first-order chi connectivity index (χ1) is 17.4. The lowest BCUT2D eigenvalue weighted by molar-refractivity contribution is -0.135. The third-order valence-corrected chi connectivity index (χ3v) is 7.51. The zero-order valence-electron chi connectivity index (χ0n) is 20.1. The van der Waals surface area contributed by atoms with E-state index < -0.39 is 0 Å². The molecule has 0 bridgehead atoms. The van der Waals surface area contributed by atoms with Crippen molar-refractivity contribution >= 4 is 33.8 Å². The maximum absolute atomic E-state index is 12.7. The minimum atomic E-state index is -0.211. The first-order valence-electron chi connectivity index (χ1n) is 11.7. The standard InChI is InChI=1S/C26H26ClN5O3S/c1-17-6-7-22(12-18(17)2)35-16-24(34)31-10-8-30(9-11-31)15-21-14-23(33)32-26(28-21)36-25(29-32)19-4-3-5-20(27)13-19/h3-7,12-14H,8-11,15-16H2,1-2H3. The minimum Gasteiger partial charge on any atom is -0.484 e. The monoisotopic (exact) mass is 523 g/mol. The van der Waals surface area contributed by atoms with Gasteiger partial charge in [0.1, 0.15) is 10.8 Å². The van der Waals surface area contributed by atoms with E-state index in [0.29, 0.717) is 59.2 Å². The van der Waals surface area contributed by atoms with Gasteiger partial charge in [0.15, 0.2) is 6.61 Å². The lowest BCUT2D eigenvalue weighted by Gasteiger charge is -2.34. The van der Waals surface area contributed by atoms with Crippen molar-refractivity contribution in [2.24, 2.45) is 0 Å². The SMILES string of the molecule is Cc1ccc(OCC(=O)N2CCN(Cc3cc(=O)n4nc(-c5cccc(Cl)c5)sc4n3)CC2)cc1C. The molecule has 36 heavy (non-hydrogen) atoms. The summed E-state index contributed by atoms with van der Waals surface area (Å²) in [7, 11) is 0. The van der Waals surface area contributed by atoms with Gasteiger partial charge in [-0.3, -0.25) is 14.5 Å². The lowest BCUT2D eigenvalue weighted by atomic mass is 10.1. The Hall–Kier alpha value is -3.27. The molecule has 0 N–H and O–H groups in total. The van der Waals surface area contributed by atoms with Gasteiger partial charge in [0.05, 0.1) is 5.69 Å². The number of fused-ring (bicyclic) bond motifs is 1. The van der Waals surface area contributed by atoms with Crippen LogP contribution >= 0.6 is 22.9 Å². The Morgan fingerprint density at radius 3 is 2.61 bits per heavy atom. The van der Waals surface area contributed by atoms with E-state index in [1.165, 1.54) is 27.5 Å². The number of carbonyl (C=O) groups excluding carboxylic acids is 1. The molecule has 3 heterocycles. The zero-order chi connectivity index (χ0) is 25.2. The molecule has 0 spiro atoms. The summed E-state index contributed by atoms with van der Waals surface area (Å²) in [5, 5.41) is 5.72. The van der Waals surface area contributed by atoms with Crippen molar-refractivity contribution in [1.82, 2.24) is 24.4 Å². The van der Waals surface area contributed by atoms with Gasteiger partial charge in [-0.25, -0.2) is 4.98 Å². The van der Waals surface area contributed by atoms with Crippen molar-refractivity contribution in [3.63, 3.8) is 0 Å². The summed E-state index contributed by atoms with van der Waals surface area (Å²) in [5.74, 6) is 0.684. The van der Waals surface area contributed by atoms with Crippen LogP contribution in [0, 0.1) is 13.8 Å². The van der Waals surface area contributed by atoms with Crippen molar-refractivity contribution in [2.75, 3.05) is 32.8 Å². The van der Waals surface area contributed by atoms with E-state index in [1.54, 1.807) is 6.07 Å². The molecule has 1 amide bonds. The van der Waals surface area contributed by atoms with Crippen LogP contribution in [-0.2, 0) is 11.3 Å². The van der Waals surface area contributed by atoms with Gasteiger partial charge in [-0.2, -0.15) is 9.61 Å². The van der Waals surface area contributed by atoms with E-state index >= 15 is 0 Å². The number of aromatic nitrogens is 3. The highest BCUT2D eigenvalue weighted by Crippen LogP contribution is 2.26. The normalized spacial score (nSPS) is 14.4. The summed E-state index contributed by atoms with van der Waals surface area (Å²) >= 11 is 7.46. The maximum Gasteiger partial charge on any atom is 0.275 e. The van der Waals surface area contributed by atoms with Crippen molar-refractivity contribution in [3.05, 3.63) is 80.7 Å². The van der Waals surface area contributed by atoms with Crippen LogP contribution < -0.4 is 10.3 Å². The van der Waals surface area contributed by atoms with Gasteiger partial charge in [0.25, 0.3) is 11.5 Å². The summed E-state index contributed by atoms with van der Waals surface area (Å²) in [4.78, 5) is 34.6. The van der Waals surface area contributed by atoms with E-state index in [1.807, 2.05) is 55.1 Å². The molecule has 1 aliphatic rings. The molecule has 0 saturated carbocycles. The van der Waals surface area contributed by atoms with E-state index in [-0.39, 0.29) is 18.1 Å². The Morgan fingerprint density at radius 2 is 1.86 bits per heavy atom. The fraction of sp³-hybridized carbons (Fsp3) is 0.308. The lowest BCUT2D eigenvalue weighted by Crippen LogP contribution is -2.49. The Bertz CT molecular complexity index is 1480. The number of amides is 1. The van der Waals surface area contributed by atoms with Gasteiger partial charge in [0.2, 0.25) is 4.96 Å². The second kappa shape index (κ2) is 10.4. The van der Waals surface area contributed by atoms with Crippen LogP contribution in [0.25, 0.3) is 15.5 Å². The summed E-state index contributed by atoms with van der Waals surface area (Å²) in [5.41, 5.74) is 3.66. The van der Waals surface area contributed by atoms with Crippen LogP contribution in [0.5, 0.6) is 5.75 Å². The van der Waals surface area contributed by atoms with E-state index in [0.717, 1.165) is 11.1 Å². The number of nitrogens with zero attached hydrogens (tertiary/aromatic N) is 5. The molecule has 1 aliphatic heterocycles. The molecule has 1 saturated heterocycles. The molecule has 8 nitrogen and oxygen atoms in total. The Labute approximate surface area is 217 Å². The van der Waals surface area contributed by atoms with Crippen LogP contribution in [0.3, 0.4) is 0 Å². The predicted octanol–water partition coefficient (Wildman–Crippen LogP) is 3.81. The number of ether oxygens (including phenoxy) is 1. The second-order valence-corrected chi connectivity index (χ2v) is 10.3. The van der Waals surface area contributed by atoms with E-state index in [9.17, 15) is 9.59 Å². The molecule has 186 valence electrons. The average Bonchev–Trinajstić information content (AvgIpc) is 3.30. The predicted molar refractivity (Wildman–Crippen MR) is 141 cm³/mol. The molecule has 1 fully saturated rings. The van der Waals surface area contributed by atoms with Gasteiger partial charge in [-0.15, -0.1) is 0 Å². The molecule has 0 aliphatic carbocycles. The maximum atomic E-state index is 12.7. The van der Waals surface area contributed by atoms with Gasteiger partial charge >= 0.3 is 0 Å². The molecule has 5 rings (SSSR count). The van der Waals surface area contributed by atoms with Crippen LogP contribution in [0.1, 0.15) is 16.8 Å². The van der Waals surface area contributed by atoms with E-state index in [4.69, 9.17) is 16.3 Å². The first-order valence-corrected chi connectivity index (χ1v) is 12.9. The molecule has 4 aromatic rings. The Balaban J connectivity index is 1.18. The number of halogens is 1. The number of aryl methyl sites for hydroxylation is 2. The minimum absolute atomic E-state index is 0.0242. The van der Waals surface area contributed by atoms with Crippen molar-refractivity contribution < 1.29 is 9.53 Å². The van der Waals surface area contributed by atoms with Gasteiger partial charge in [-0.05, 0) is 49.2 Å². The first kappa shape index (κ1) is 24.4. The molecule has 0 unspecified atom stereocenters.